The van der Waals surface area contributed by atoms with Crippen LogP contribution in [0, 0.1) is 20.8 Å². The highest BCUT2D eigenvalue weighted by Gasteiger charge is 2.15. The van der Waals surface area contributed by atoms with Gasteiger partial charge in [0.15, 0.2) is 0 Å². The van der Waals surface area contributed by atoms with E-state index in [1.54, 1.807) is 0 Å². The number of hydrogen-bond acceptors (Lipinski definition) is 1. The summed E-state index contributed by atoms with van der Waals surface area (Å²) in [7, 11) is 0. The van der Waals surface area contributed by atoms with E-state index in [0.29, 0.717) is 0 Å². The normalized spacial score (nSPS) is 12.5. The third-order valence-electron chi connectivity index (χ3n) is 9.07. The molecule has 0 saturated carbocycles. The molecule has 1 nitrogen and oxygen atoms in total. The molecule has 1 heteroatoms. The number of nitrogens with zero attached hydrogens (tertiary/aromatic N) is 1. The van der Waals surface area contributed by atoms with Crippen LogP contribution in [0.4, 0.5) is 17.1 Å². The Bertz CT molecular complexity index is 2030. The van der Waals surface area contributed by atoms with E-state index in [9.17, 15) is 0 Å². The van der Waals surface area contributed by atoms with Gasteiger partial charge in [-0.05, 0) is 132 Å². The second-order valence-electron chi connectivity index (χ2n) is 12.3. The number of anilines is 3. The van der Waals surface area contributed by atoms with E-state index in [0.717, 1.165) is 29.9 Å². The lowest BCUT2D eigenvalue weighted by molar-refractivity contribution is 1.04. The van der Waals surface area contributed by atoms with Gasteiger partial charge in [0.1, 0.15) is 0 Å². The largest absolute Gasteiger partial charge is 0.311 e. The Kier molecular flexibility index (Phi) is 8.23. The summed E-state index contributed by atoms with van der Waals surface area (Å²) in [4.78, 5) is 2.35. The predicted molar refractivity (Wildman–Crippen MR) is 198 cm³/mol. The zero-order chi connectivity index (χ0) is 31.5. The zero-order valence-electron chi connectivity index (χ0n) is 26.9. The fraction of sp³-hybridized carbons (Fsp3) is 0.111. The highest BCUT2D eigenvalue weighted by molar-refractivity contribution is 5.83. The maximum Gasteiger partial charge on any atom is 0.0462 e. The third kappa shape index (κ3) is 6.10. The van der Waals surface area contributed by atoms with Gasteiger partial charge >= 0.3 is 0 Å². The van der Waals surface area contributed by atoms with Crippen LogP contribution in [0.5, 0.6) is 0 Å². The van der Waals surface area contributed by atoms with E-state index >= 15 is 0 Å². The van der Waals surface area contributed by atoms with E-state index in [4.69, 9.17) is 0 Å². The van der Waals surface area contributed by atoms with E-state index in [2.05, 4.69) is 183 Å². The van der Waals surface area contributed by atoms with Gasteiger partial charge < -0.3 is 4.90 Å². The minimum atomic E-state index is 1.10. The number of aryl methyl sites for hydroxylation is 3. The van der Waals surface area contributed by atoms with Crippen molar-refractivity contribution in [1.29, 1.82) is 0 Å². The van der Waals surface area contributed by atoms with Crippen LogP contribution in [0.15, 0.2) is 158 Å². The SMILES string of the molecule is Cc1ccc(C)c(-c2cc(-c3ccc(N(c4ccc(C5=CCCC=C5)cc4)c4ccc(-c5ccccc5)cc4)cc3)ccc2C)c1. The summed E-state index contributed by atoms with van der Waals surface area (Å²) in [5.41, 5.74) is 17.3. The molecule has 0 radical (unpaired) electrons. The first-order valence-corrected chi connectivity index (χ1v) is 16.2. The molecule has 0 N–H and O–H groups in total. The Labute approximate surface area is 273 Å². The Balaban J connectivity index is 1.25. The van der Waals surface area contributed by atoms with Gasteiger partial charge in [-0.2, -0.15) is 0 Å². The molecule has 0 atom stereocenters. The fourth-order valence-corrected chi connectivity index (χ4v) is 6.43. The molecule has 0 fully saturated rings. The molecule has 0 amide bonds. The van der Waals surface area contributed by atoms with Crippen LogP contribution in [0.1, 0.15) is 35.1 Å². The molecule has 6 aromatic carbocycles. The Hall–Kier alpha value is -5.40. The molecule has 0 heterocycles. The number of hydrogen-bond donors (Lipinski definition) is 0. The molecule has 0 saturated heterocycles. The number of allylic oxidation sites excluding steroid dienone is 4. The van der Waals surface area contributed by atoms with Crippen LogP contribution >= 0.6 is 0 Å². The van der Waals surface area contributed by atoms with Crippen LogP contribution in [0.3, 0.4) is 0 Å². The van der Waals surface area contributed by atoms with E-state index in [1.807, 2.05) is 0 Å². The van der Waals surface area contributed by atoms with Crippen LogP contribution in [-0.2, 0) is 0 Å². The molecule has 6 aromatic rings. The highest BCUT2D eigenvalue weighted by Crippen LogP contribution is 2.38. The van der Waals surface area contributed by atoms with Crippen molar-refractivity contribution >= 4 is 22.6 Å². The van der Waals surface area contributed by atoms with Crippen molar-refractivity contribution in [2.24, 2.45) is 0 Å². The second kappa shape index (κ2) is 12.9. The van der Waals surface area contributed by atoms with Crippen molar-refractivity contribution < 1.29 is 0 Å². The maximum absolute atomic E-state index is 2.35. The summed E-state index contributed by atoms with van der Waals surface area (Å²) in [6, 6.07) is 51.0. The lowest BCUT2D eigenvalue weighted by atomic mass is 9.92. The Morgan fingerprint density at radius 3 is 1.52 bits per heavy atom. The lowest BCUT2D eigenvalue weighted by Gasteiger charge is -2.26. The molecular weight excluding hydrogens is 555 g/mol. The van der Waals surface area contributed by atoms with Crippen LogP contribution in [0.25, 0.3) is 39.0 Å². The molecule has 224 valence electrons. The monoisotopic (exact) mass is 593 g/mol. The predicted octanol–water partition coefficient (Wildman–Crippen LogP) is 12.8. The van der Waals surface area contributed by atoms with Gasteiger partial charge in [0.2, 0.25) is 0 Å². The van der Waals surface area contributed by atoms with E-state index in [1.165, 1.54) is 61.2 Å². The smallest absolute Gasteiger partial charge is 0.0462 e. The molecule has 0 aliphatic heterocycles. The minimum absolute atomic E-state index is 1.10. The first-order chi connectivity index (χ1) is 22.5. The van der Waals surface area contributed by atoms with Crippen molar-refractivity contribution in [3.63, 3.8) is 0 Å². The molecule has 0 spiro atoms. The molecule has 0 unspecified atom stereocenters. The Morgan fingerprint density at radius 2 is 0.935 bits per heavy atom. The van der Waals surface area contributed by atoms with Gasteiger partial charge in [0.05, 0.1) is 0 Å². The van der Waals surface area contributed by atoms with Gasteiger partial charge in [-0.1, -0.05) is 121 Å². The summed E-state index contributed by atoms with van der Waals surface area (Å²) in [5.74, 6) is 0. The first kappa shape index (κ1) is 29.3. The molecule has 0 aromatic heterocycles. The summed E-state index contributed by atoms with van der Waals surface area (Å²) >= 11 is 0. The minimum Gasteiger partial charge on any atom is -0.311 e. The van der Waals surface area contributed by atoms with Gasteiger partial charge in [-0.15, -0.1) is 0 Å². The highest BCUT2D eigenvalue weighted by atomic mass is 15.1. The summed E-state index contributed by atoms with van der Waals surface area (Å²) in [6.07, 6.45) is 9.08. The molecular formula is C45H39N. The molecule has 1 aliphatic carbocycles. The number of benzene rings is 6. The maximum atomic E-state index is 2.35. The number of rotatable bonds is 7. The zero-order valence-corrected chi connectivity index (χ0v) is 26.9. The fourth-order valence-electron chi connectivity index (χ4n) is 6.43. The van der Waals surface area contributed by atoms with Crippen molar-refractivity contribution in [1.82, 2.24) is 0 Å². The molecule has 1 aliphatic rings. The van der Waals surface area contributed by atoms with Gasteiger partial charge in [0, 0.05) is 17.1 Å². The van der Waals surface area contributed by atoms with Crippen LogP contribution in [0.2, 0.25) is 0 Å². The third-order valence-corrected chi connectivity index (χ3v) is 9.07. The van der Waals surface area contributed by atoms with Crippen LogP contribution in [-0.4, -0.2) is 0 Å². The van der Waals surface area contributed by atoms with Gasteiger partial charge in [-0.3, -0.25) is 0 Å². The van der Waals surface area contributed by atoms with E-state index in [-0.39, 0.29) is 0 Å². The van der Waals surface area contributed by atoms with Gasteiger partial charge in [0.25, 0.3) is 0 Å². The molecule has 7 rings (SSSR count). The standard InChI is InChI=1S/C45H39N/c1-32-14-15-33(2)44(30-32)45-31-40(17-16-34(45)3)39-22-28-43(29-23-39)46(41-24-18-37(19-25-41)35-10-6-4-7-11-35)42-26-20-38(21-27-42)36-12-8-5-9-13-36/h4,6-8,10-31H,5,9H2,1-3H3. The van der Waals surface area contributed by atoms with Crippen molar-refractivity contribution in [2.45, 2.75) is 33.6 Å². The van der Waals surface area contributed by atoms with Gasteiger partial charge in [-0.25, -0.2) is 0 Å². The lowest BCUT2D eigenvalue weighted by Crippen LogP contribution is -2.10. The Morgan fingerprint density at radius 1 is 0.435 bits per heavy atom. The van der Waals surface area contributed by atoms with E-state index < -0.39 is 0 Å². The quantitative estimate of drug-likeness (QED) is 0.178. The average Bonchev–Trinajstić information content (AvgIpc) is 3.11. The first-order valence-electron chi connectivity index (χ1n) is 16.2. The second-order valence-corrected chi connectivity index (χ2v) is 12.3. The summed E-state index contributed by atoms with van der Waals surface area (Å²) < 4.78 is 0. The average molecular weight is 594 g/mol. The molecule has 0 bridgehead atoms. The van der Waals surface area contributed by atoms with Crippen molar-refractivity contribution in [3.05, 3.63) is 180 Å². The van der Waals surface area contributed by atoms with Crippen LogP contribution < -0.4 is 4.90 Å². The van der Waals surface area contributed by atoms with Crippen molar-refractivity contribution in [2.75, 3.05) is 4.90 Å². The van der Waals surface area contributed by atoms with Crippen molar-refractivity contribution in [3.8, 4) is 33.4 Å². The summed E-state index contributed by atoms with van der Waals surface area (Å²) in [5, 5.41) is 0. The topological polar surface area (TPSA) is 3.24 Å². The summed E-state index contributed by atoms with van der Waals surface area (Å²) in [6.45, 7) is 6.57. The molecule has 46 heavy (non-hydrogen) atoms.